The molecule has 0 unspecified atom stereocenters. The second-order valence-corrected chi connectivity index (χ2v) is 4.47. The third-order valence-corrected chi connectivity index (χ3v) is 2.83. The molecule has 0 radical (unpaired) electrons. The van der Waals surface area contributed by atoms with Crippen LogP contribution in [0.3, 0.4) is 0 Å². The van der Waals surface area contributed by atoms with Gasteiger partial charge in [0.05, 0.1) is 18.4 Å². The number of aryl methyl sites for hydroxylation is 1. The summed E-state index contributed by atoms with van der Waals surface area (Å²) in [5, 5.41) is 2.71. The molecule has 0 atom stereocenters. The minimum atomic E-state index is -0.526. The van der Waals surface area contributed by atoms with Crippen LogP contribution in [0.25, 0.3) is 0 Å². The van der Waals surface area contributed by atoms with Crippen LogP contribution >= 0.6 is 11.6 Å². The van der Waals surface area contributed by atoms with Crippen LogP contribution in [0, 0.1) is 6.92 Å². The van der Waals surface area contributed by atoms with Gasteiger partial charge in [-0.1, -0.05) is 11.6 Å². The first-order chi connectivity index (χ1) is 9.51. The summed E-state index contributed by atoms with van der Waals surface area (Å²) >= 11 is 5.61. The second kappa shape index (κ2) is 5.79. The Hall–Kier alpha value is -2.27. The van der Waals surface area contributed by atoms with Crippen molar-refractivity contribution in [2.75, 3.05) is 12.4 Å². The summed E-state index contributed by atoms with van der Waals surface area (Å²) in [6, 6.07) is 7.95. The van der Waals surface area contributed by atoms with Gasteiger partial charge in [0.2, 0.25) is 0 Å². The predicted octanol–water partition coefficient (Wildman–Crippen LogP) is 3.28. The minimum Gasteiger partial charge on any atom is -0.465 e. The normalized spacial score (nSPS) is 10.2. The summed E-state index contributed by atoms with van der Waals surface area (Å²) < 4.78 is 9.69. The Bertz CT molecular complexity index is 663. The first-order valence-electron chi connectivity index (χ1n) is 5.77. The molecule has 0 saturated heterocycles. The molecule has 0 fully saturated rings. The SMILES string of the molecule is COC(=O)c1cc(C)ccc1NC(=O)c1ccc(Cl)o1. The van der Waals surface area contributed by atoms with E-state index in [9.17, 15) is 9.59 Å². The maximum absolute atomic E-state index is 12.0. The summed E-state index contributed by atoms with van der Waals surface area (Å²) in [5.41, 5.74) is 1.50. The van der Waals surface area contributed by atoms with Crippen molar-refractivity contribution in [3.8, 4) is 0 Å². The number of carbonyl (C=O) groups is 2. The fourth-order valence-corrected chi connectivity index (χ4v) is 1.81. The van der Waals surface area contributed by atoms with Crippen LogP contribution in [0.2, 0.25) is 5.22 Å². The number of ether oxygens (including phenoxy) is 1. The minimum absolute atomic E-state index is 0.0615. The zero-order chi connectivity index (χ0) is 14.7. The molecule has 0 aliphatic heterocycles. The number of furan rings is 1. The number of hydrogen-bond donors (Lipinski definition) is 1. The van der Waals surface area contributed by atoms with Crippen molar-refractivity contribution < 1.29 is 18.7 Å². The van der Waals surface area contributed by atoms with Crippen LogP contribution in [-0.4, -0.2) is 19.0 Å². The smallest absolute Gasteiger partial charge is 0.339 e. The van der Waals surface area contributed by atoms with Gasteiger partial charge >= 0.3 is 5.97 Å². The highest BCUT2D eigenvalue weighted by molar-refractivity contribution is 6.29. The molecule has 0 saturated carbocycles. The molecule has 6 heteroatoms. The fraction of sp³-hybridized carbons (Fsp3) is 0.143. The predicted molar refractivity (Wildman–Crippen MR) is 74.2 cm³/mol. The monoisotopic (exact) mass is 293 g/mol. The maximum Gasteiger partial charge on any atom is 0.339 e. The number of methoxy groups -OCH3 is 1. The Balaban J connectivity index is 2.29. The molecule has 0 bridgehead atoms. The number of anilines is 1. The number of rotatable bonds is 3. The van der Waals surface area contributed by atoms with Crippen molar-refractivity contribution in [2.24, 2.45) is 0 Å². The Labute approximate surface area is 120 Å². The summed E-state index contributed by atoms with van der Waals surface area (Å²) in [6.07, 6.45) is 0. The molecule has 2 aromatic rings. The lowest BCUT2D eigenvalue weighted by Crippen LogP contribution is -2.15. The van der Waals surface area contributed by atoms with E-state index in [0.29, 0.717) is 5.69 Å². The molecule has 1 amide bonds. The first-order valence-corrected chi connectivity index (χ1v) is 6.14. The summed E-state index contributed by atoms with van der Waals surface area (Å²) in [6.45, 7) is 1.84. The molecule has 1 N–H and O–H groups in total. The highest BCUT2D eigenvalue weighted by Gasteiger charge is 2.16. The van der Waals surface area contributed by atoms with E-state index in [0.717, 1.165) is 5.56 Å². The van der Waals surface area contributed by atoms with Gasteiger partial charge in [-0.15, -0.1) is 0 Å². The molecule has 0 aliphatic rings. The third-order valence-electron chi connectivity index (χ3n) is 2.63. The van der Waals surface area contributed by atoms with Crippen molar-refractivity contribution in [2.45, 2.75) is 6.92 Å². The lowest BCUT2D eigenvalue weighted by molar-refractivity contribution is 0.0602. The van der Waals surface area contributed by atoms with E-state index < -0.39 is 11.9 Å². The molecule has 2 rings (SSSR count). The van der Waals surface area contributed by atoms with Crippen LogP contribution in [0.1, 0.15) is 26.5 Å². The van der Waals surface area contributed by atoms with Gasteiger partial charge in [0.1, 0.15) is 0 Å². The Morgan fingerprint density at radius 3 is 2.60 bits per heavy atom. The fourth-order valence-electron chi connectivity index (χ4n) is 1.67. The maximum atomic E-state index is 12.0. The van der Waals surface area contributed by atoms with Gasteiger partial charge in [-0.05, 0) is 42.8 Å². The number of hydrogen-bond acceptors (Lipinski definition) is 4. The quantitative estimate of drug-likeness (QED) is 0.882. The van der Waals surface area contributed by atoms with E-state index in [1.54, 1.807) is 18.2 Å². The van der Waals surface area contributed by atoms with Crippen LogP contribution in [-0.2, 0) is 4.74 Å². The number of carbonyl (C=O) groups excluding carboxylic acids is 2. The van der Waals surface area contributed by atoms with E-state index in [-0.39, 0.29) is 16.5 Å². The van der Waals surface area contributed by atoms with Gasteiger partial charge in [0.25, 0.3) is 5.91 Å². The molecular formula is C14H12ClNO4. The lowest BCUT2D eigenvalue weighted by Gasteiger charge is -2.09. The van der Waals surface area contributed by atoms with Gasteiger partial charge in [0, 0.05) is 0 Å². The Morgan fingerprint density at radius 2 is 2.00 bits per heavy atom. The van der Waals surface area contributed by atoms with Crippen LogP contribution in [0.4, 0.5) is 5.69 Å². The van der Waals surface area contributed by atoms with E-state index in [1.807, 2.05) is 6.92 Å². The van der Waals surface area contributed by atoms with Gasteiger partial charge in [0.15, 0.2) is 11.0 Å². The van der Waals surface area contributed by atoms with E-state index in [4.69, 9.17) is 16.0 Å². The second-order valence-electron chi connectivity index (χ2n) is 4.10. The first kappa shape index (κ1) is 14.1. The molecule has 104 valence electrons. The van der Waals surface area contributed by atoms with Crippen LogP contribution < -0.4 is 5.32 Å². The zero-order valence-corrected chi connectivity index (χ0v) is 11.7. The molecule has 1 heterocycles. The lowest BCUT2D eigenvalue weighted by atomic mass is 10.1. The molecule has 20 heavy (non-hydrogen) atoms. The molecule has 0 aliphatic carbocycles. The van der Waals surface area contributed by atoms with Crippen molar-refractivity contribution in [1.82, 2.24) is 0 Å². The third kappa shape index (κ3) is 3.00. The number of amides is 1. The Kier molecular flexibility index (Phi) is 4.10. The Morgan fingerprint density at radius 1 is 1.25 bits per heavy atom. The molecular weight excluding hydrogens is 282 g/mol. The van der Waals surface area contributed by atoms with Crippen molar-refractivity contribution >= 4 is 29.2 Å². The van der Waals surface area contributed by atoms with Crippen molar-refractivity contribution in [1.29, 1.82) is 0 Å². The number of nitrogens with one attached hydrogen (secondary N) is 1. The summed E-state index contributed by atoms with van der Waals surface area (Å²) in [4.78, 5) is 23.7. The number of halogens is 1. The van der Waals surface area contributed by atoms with Crippen LogP contribution in [0.5, 0.6) is 0 Å². The van der Waals surface area contributed by atoms with Gasteiger partial charge in [-0.2, -0.15) is 0 Å². The molecule has 0 spiro atoms. The summed E-state index contributed by atoms with van der Waals surface area (Å²) in [5.74, 6) is -0.959. The van der Waals surface area contributed by atoms with Crippen molar-refractivity contribution in [3.63, 3.8) is 0 Å². The van der Waals surface area contributed by atoms with Crippen molar-refractivity contribution in [3.05, 3.63) is 52.4 Å². The standard InChI is InChI=1S/C14H12ClNO4/c1-8-3-4-10(9(7-8)14(18)19-2)16-13(17)11-5-6-12(15)20-11/h3-7H,1-2H3,(H,16,17). The van der Waals surface area contributed by atoms with E-state index >= 15 is 0 Å². The summed E-state index contributed by atoms with van der Waals surface area (Å²) in [7, 11) is 1.28. The van der Waals surface area contributed by atoms with E-state index in [1.165, 1.54) is 19.2 Å². The average molecular weight is 294 g/mol. The highest BCUT2D eigenvalue weighted by atomic mass is 35.5. The van der Waals surface area contributed by atoms with Gasteiger partial charge in [-0.3, -0.25) is 4.79 Å². The number of esters is 1. The number of benzene rings is 1. The molecule has 1 aromatic heterocycles. The van der Waals surface area contributed by atoms with Gasteiger partial charge < -0.3 is 14.5 Å². The van der Waals surface area contributed by atoms with E-state index in [2.05, 4.69) is 10.1 Å². The van der Waals surface area contributed by atoms with Gasteiger partial charge in [-0.25, -0.2) is 4.79 Å². The molecule has 1 aromatic carbocycles. The zero-order valence-electron chi connectivity index (χ0n) is 10.9. The topological polar surface area (TPSA) is 68.5 Å². The molecule has 5 nitrogen and oxygen atoms in total. The van der Waals surface area contributed by atoms with Crippen LogP contribution in [0.15, 0.2) is 34.7 Å². The highest BCUT2D eigenvalue weighted by Crippen LogP contribution is 2.20. The average Bonchev–Trinajstić information content (AvgIpc) is 2.86. The largest absolute Gasteiger partial charge is 0.465 e.